The van der Waals surface area contributed by atoms with Crippen molar-refractivity contribution in [3.8, 4) is 0 Å². The predicted octanol–water partition coefficient (Wildman–Crippen LogP) is -1.42. The van der Waals surface area contributed by atoms with E-state index in [1.54, 1.807) is 6.92 Å². The summed E-state index contributed by atoms with van der Waals surface area (Å²) in [7, 11) is 3.83. The van der Waals surface area contributed by atoms with Crippen LogP contribution in [0.5, 0.6) is 0 Å². The van der Waals surface area contributed by atoms with Crippen LogP contribution < -0.4 is 12.4 Å². The summed E-state index contributed by atoms with van der Waals surface area (Å²) in [5.41, 5.74) is 0.642. The summed E-state index contributed by atoms with van der Waals surface area (Å²) >= 11 is 0. The Hall–Kier alpha value is -0.340. The van der Waals surface area contributed by atoms with E-state index < -0.39 is 0 Å². The van der Waals surface area contributed by atoms with Gasteiger partial charge in [-0.05, 0) is 13.3 Å². The molecule has 0 aromatic heterocycles. The molecule has 0 bridgehead atoms. The number of likely N-dealkylation sites (N-methyl/N-ethyl adjacent to an activating group) is 1. The average Bonchev–Trinajstić information content (AvgIpc) is 1.86. The second kappa shape index (κ2) is 5.33. The number of nitrogens with zero attached hydrogens (tertiary/aromatic N) is 1. The fourth-order valence-corrected chi connectivity index (χ4v) is 1.18. The quantitative estimate of drug-likeness (QED) is 0.396. The lowest BCUT2D eigenvalue weighted by Gasteiger charge is -2.25. The number of amides is 1. The first-order valence-electron chi connectivity index (χ1n) is 3.95. The molecule has 0 aromatic rings. The van der Waals surface area contributed by atoms with Crippen LogP contribution in [0, 0.1) is 0 Å². The minimum Gasteiger partial charge on any atom is -1.00 e. The number of carbonyl (C=O) groups is 1. The molecule has 0 unspecified atom stereocenters. The van der Waals surface area contributed by atoms with E-state index in [9.17, 15) is 4.79 Å². The highest BCUT2D eigenvalue weighted by Gasteiger charge is 2.25. The van der Waals surface area contributed by atoms with Crippen molar-refractivity contribution in [1.82, 2.24) is 0 Å². The molecule has 0 heterocycles. The molecular weight excluding hydrogens is 174 g/mol. The van der Waals surface area contributed by atoms with Gasteiger partial charge in [0.15, 0.2) is 0 Å². The van der Waals surface area contributed by atoms with Crippen molar-refractivity contribution >= 4 is 5.91 Å². The van der Waals surface area contributed by atoms with Gasteiger partial charge in [-0.1, -0.05) is 13.5 Å². The third-order valence-corrected chi connectivity index (χ3v) is 1.70. The van der Waals surface area contributed by atoms with E-state index in [0.29, 0.717) is 10.1 Å². The summed E-state index contributed by atoms with van der Waals surface area (Å²) in [6.07, 6.45) is 1.02. The highest BCUT2D eigenvalue weighted by molar-refractivity contribution is 5.86. The highest BCUT2D eigenvalue weighted by atomic mass is 35.5. The van der Waals surface area contributed by atoms with Crippen LogP contribution in [0.25, 0.3) is 0 Å². The summed E-state index contributed by atoms with van der Waals surface area (Å²) in [6.45, 7) is 8.36. The lowest BCUT2D eigenvalue weighted by Crippen LogP contribution is -3.00. The Labute approximate surface area is 81.3 Å². The van der Waals surface area contributed by atoms with E-state index in [2.05, 4.69) is 13.5 Å². The summed E-state index contributed by atoms with van der Waals surface area (Å²) in [5, 5.41) is 0. The first-order valence-corrected chi connectivity index (χ1v) is 3.95. The molecule has 0 spiro atoms. The molecule has 3 heteroatoms. The standard InChI is InChI=1S/C9H18NO.ClH/c1-6-7-10(4,5)9(11)8(2)3;/h2,6-7H2,1,3-5H3;1H/q+1;/p-1. The Bertz CT molecular complexity index is 175. The molecule has 2 nitrogen and oxygen atoms in total. The molecule has 0 aromatic carbocycles. The fourth-order valence-electron chi connectivity index (χ4n) is 1.18. The van der Waals surface area contributed by atoms with E-state index in [4.69, 9.17) is 0 Å². The van der Waals surface area contributed by atoms with Crippen LogP contribution in [-0.4, -0.2) is 31.0 Å². The van der Waals surface area contributed by atoms with Crippen LogP contribution in [-0.2, 0) is 4.79 Å². The second-order valence-corrected chi connectivity index (χ2v) is 3.49. The topological polar surface area (TPSA) is 17.1 Å². The zero-order valence-corrected chi connectivity index (χ0v) is 9.11. The van der Waals surface area contributed by atoms with E-state index in [1.165, 1.54) is 0 Å². The zero-order valence-electron chi connectivity index (χ0n) is 8.35. The molecule has 0 saturated carbocycles. The number of hydrogen-bond donors (Lipinski definition) is 0. The molecule has 0 atom stereocenters. The molecule has 12 heavy (non-hydrogen) atoms. The first-order chi connectivity index (χ1) is 4.91. The summed E-state index contributed by atoms with van der Waals surface area (Å²) in [5.74, 6) is 0.131. The Balaban J connectivity index is 0. The van der Waals surface area contributed by atoms with Gasteiger partial charge >= 0.3 is 5.91 Å². The minimum atomic E-state index is 0. The predicted molar refractivity (Wildman–Crippen MR) is 47.1 cm³/mol. The van der Waals surface area contributed by atoms with Crippen molar-refractivity contribution in [1.29, 1.82) is 0 Å². The van der Waals surface area contributed by atoms with Crippen molar-refractivity contribution in [3.63, 3.8) is 0 Å². The van der Waals surface area contributed by atoms with Crippen LogP contribution >= 0.6 is 0 Å². The van der Waals surface area contributed by atoms with Crippen LogP contribution in [0.2, 0.25) is 0 Å². The Morgan fingerprint density at radius 1 is 1.42 bits per heavy atom. The molecule has 0 rings (SSSR count). The lowest BCUT2D eigenvalue weighted by atomic mass is 10.2. The maximum Gasteiger partial charge on any atom is 0.340 e. The van der Waals surface area contributed by atoms with Gasteiger partial charge in [0.2, 0.25) is 0 Å². The zero-order chi connectivity index (χ0) is 9.07. The largest absolute Gasteiger partial charge is 1.00 e. The van der Waals surface area contributed by atoms with Crippen molar-refractivity contribution in [2.24, 2.45) is 0 Å². The third kappa shape index (κ3) is 3.88. The van der Waals surface area contributed by atoms with E-state index in [-0.39, 0.29) is 18.3 Å². The highest BCUT2D eigenvalue weighted by Crippen LogP contribution is 2.05. The summed E-state index contributed by atoms with van der Waals surface area (Å²) < 4.78 is 0.422. The van der Waals surface area contributed by atoms with Gasteiger partial charge in [-0.2, -0.15) is 0 Å². The van der Waals surface area contributed by atoms with E-state index in [0.717, 1.165) is 13.0 Å². The molecule has 0 N–H and O–H groups in total. The third-order valence-electron chi connectivity index (χ3n) is 1.70. The smallest absolute Gasteiger partial charge is 0.340 e. The van der Waals surface area contributed by atoms with Crippen molar-refractivity contribution < 1.29 is 21.7 Å². The summed E-state index contributed by atoms with van der Waals surface area (Å²) in [6, 6.07) is 0. The van der Waals surface area contributed by atoms with Crippen LogP contribution in [0.4, 0.5) is 0 Å². The minimum absolute atomic E-state index is 0. The SMILES string of the molecule is C=C(C)C(=O)[N+](C)(C)CCC.[Cl-]. The number of hydrogen-bond acceptors (Lipinski definition) is 1. The number of carbonyl (C=O) groups excluding carboxylic acids is 1. The van der Waals surface area contributed by atoms with Crippen molar-refractivity contribution in [2.45, 2.75) is 20.3 Å². The second-order valence-electron chi connectivity index (χ2n) is 3.49. The normalized spacial score (nSPS) is 10.3. The Morgan fingerprint density at radius 3 is 2.08 bits per heavy atom. The van der Waals surface area contributed by atoms with Crippen LogP contribution in [0.1, 0.15) is 20.3 Å². The van der Waals surface area contributed by atoms with Gasteiger partial charge in [-0.25, -0.2) is 4.79 Å². The molecule has 0 aliphatic rings. The molecule has 0 aliphatic carbocycles. The Morgan fingerprint density at radius 2 is 1.83 bits per heavy atom. The molecule has 0 radical (unpaired) electrons. The van der Waals surface area contributed by atoms with Gasteiger partial charge in [0.1, 0.15) is 0 Å². The van der Waals surface area contributed by atoms with Gasteiger partial charge in [-0.3, -0.25) is 4.48 Å². The number of rotatable bonds is 3. The van der Waals surface area contributed by atoms with E-state index >= 15 is 0 Å². The van der Waals surface area contributed by atoms with Crippen LogP contribution in [0.15, 0.2) is 12.2 Å². The lowest BCUT2D eigenvalue weighted by molar-refractivity contribution is -0.811. The van der Waals surface area contributed by atoms with Crippen molar-refractivity contribution in [2.75, 3.05) is 20.6 Å². The first kappa shape index (κ1) is 14.2. The fraction of sp³-hybridized carbons (Fsp3) is 0.667. The van der Waals surface area contributed by atoms with Gasteiger partial charge < -0.3 is 12.4 Å². The molecule has 0 fully saturated rings. The maximum atomic E-state index is 11.4. The van der Waals surface area contributed by atoms with Crippen molar-refractivity contribution in [3.05, 3.63) is 12.2 Å². The molecule has 72 valence electrons. The van der Waals surface area contributed by atoms with Gasteiger partial charge in [0.25, 0.3) is 0 Å². The molecule has 0 saturated heterocycles. The van der Waals surface area contributed by atoms with Gasteiger partial charge in [0, 0.05) is 5.57 Å². The molecular formula is C9H18ClNO. The van der Waals surface area contributed by atoms with E-state index in [1.807, 2.05) is 14.1 Å². The van der Waals surface area contributed by atoms with Crippen LogP contribution in [0.3, 0.4) is 0 Å². The van der Waals surface area contributed by atoms with Gasteiger partial charge in [0.05, 0.1) is 20.6 Å². The maximum absolute atomic E-state index is 11.4. The number of halogens is 1. The molecule has 0 aliphatic heterocycles. The molecule has 1 amide bonds. The monoisotopic (exact) mass is 191 g/mol. The summed E-state index contributed by atoms with van der Waals surface area (Å²) in [4.78, 5) is 11.4. The van der Waals surface area contributed by atoms with Gasteiger partial charge in [-0.15, -0.1) is 0 Å². The number of quaternary nitrogens is 1. The Kier molecular flexibility index (Phi) is 6.31. The average molecular weight is 192 g/mol.